The number of benzene rings is 1. The van der Waals surface area contributed by atoms with Crippen LogP contribution in [0.3, 0.4) is 0 Å². The molecular formula is C15H18N2O4. The number of nitrogens with zero attached hydrogens (tertiary/aromatic N) is 2. The lowest BCUT2D eigenvalue weighted by molar-refractivity contribution is -0.150. The van der Waals surface area contributed by atoms with Crippen LogP contribution in [-0.4, -0.2) is 65.7 Å². The lowest BCUT2D eigenvalue weighted by Crippen LogP contribution is -2.51. The molecule has 2 aliphatic heterocycles. The average Bonchev–Trinajstić information content (AvgIpc) is 2.87. The smallest absolute Gasteiger partial charge is 0.335 e. The molecule has 0 unspecified atom stereocenters. The molecule has 3 rings (SSSR count). The molecule has 0 radical (unpaired) electrons. The third kappa shape index (κ3) is 2.77. The van der Waals surface area contributed by atoms with Crippen molar-refractivity contribution in [2.75, 3.05) is 26.7 Å². The van der Waals surface area contributed by atoms with Crippen molar-refractivity contribution in [2.24, 2.45) is 0 Å². The molecule has 1 amide bonds. The van der Waals surface area contributed by atoms with Gasteiger partial charge in [-0.1, -0.05) is 12.1 Å². The SMILES string of the molecule is CN1C(=O)CO[C@H]2CN(Cc3ccc(C(=O)O)cc3)C[C@H]21. The largest absolute Gasteiger partial charge is 0.478 e. The third-order valence-electron chi connectivity index (χ3n) is 4.23. The summed E-state index contributed by atoms with van der Waals surface area (Å²) < 4.78 is 5.59. The van der Waals surface area contributed by atoms with Crippen molar-refractivity contribution in [1.29, 1.82) is 0 Å². The zero-order chi connectivity index (χ0) is 15.0. The molecular weight excluding hydrogens is 272 g/mol. The summed E-state index contributed by atoms with van der Waals surface area (Å²) in [4.78, 5) is 26.5. The maximum atomic E-state index is 11.6. The maximum absolute atomic E-state index is 11.6. The van der Waals surface area contributed by atoms with E-state index in [2.05, 4.69) is 4.90 Å². The Morgan fingerprint density at radius 1 is 1.33 bits per heavy atom. The van der Waals surface area contributed by atoms with Gasteiger partial charge in [0, 0.05) is 26.7 Å². The van der Waals surface area contributed by atoms with Gasteiger partial charge in [0.2, 0.25) is 5.91 Å². The molecule has 0 bridgehead atoms. The van der Waals surface area contributed by atoms with E-state index in [0.29, 0.717) is 5.56 Å². The van der Waals surface area contributed by atoms with E-state index in [0.717, 1.165) is 25.2 Å². The van der Waals surface area contributed by atoms with E-state index in [4.69, 9.17) is 9.84 Å². The van der Waals surface area contributed by atoms with E-state index in [1.807, 2.05) is 19.2 Å². The van der Waals surface area contributed by atoms with Crippen LogP contribution >= 0.6 is 0 Å². The van der Waals surface area contributed by atoms with Crippen molar-refractivity contribution < 1.29 is 19.4 Å². The molecule has 21 heavy (non-hydrogen) atoms. The van der Waals surface area contributed by atoms with E-state index in [9.17, 15) is 9.59 Å². The van der Waals surface area contributed by atoms with E-state index in [1.165, 1.54) is 0 Å². The standard InChI is InChI=1S/C15H18N2O4/c1-16-12-7-17(8-13(12)21-9-14(16)18)6-10-2-4-11(5-3-10)15(19)20/h2-5,12-13H,6-9H2,1H3,(H,19,20)/t12-,13+/m1/s1. The molecule has 2 fully saturated rings. The molecule has 1 N–H and O–H groups in total. The van der Waals surface area contributed by atoms with Gasteiger partial charge in [-0.05, 0) is 17.7 Å². The number of amides is 1. The predicted octanol–water partition coefficient (Wildman–Crippen LogP) is 0.426. The summed E-state index contributed by atoms with van der Waals surface area (Å²) >= 11 is 0. The lowest BCUT2D eigenvalue weighted by atomic mass is 10.1. The highest BCUT2D eigenvalue weighted by atomic mass is 16.5. The minimum absolute atomic E-state index is 0.0314. The number of ether oxygens (including phenoxy) is 1. The summed E-state index contributed by atoms with van der Waals surface area (Å²) in [5, 5.41) is 8.89. The molecule has 2 atom stereocenters. The van der Waals surface area contributed by atoms with Crippen LogP contribution in [0, 0.1) is 0 Å². The van der Waals surface area contributed by atoms with Crippen LogP contribution < -0.4 is 0 Å². The van der Waals surface area contributed by atoms with Crippen LogP contribution in [0.15, 0.2) is 24.3 Å². The van der Waals surface area contributed by atoms with Crippen LogP contribution in [0.1, 0.15) is 15.9 Å². The highest BCUT2D eigenvalue weighted by Crippen LogP contribution is 2.23. The summed E-state index contributed by atoms with van der Waals surface area (Å²) in [5.41, 5.74) is 1.36. The Hall–Kier alpha value is -1.92. The second-order valence-electron chi connectivity index (χ2n) is 5.62. The predicted molar refractivity (Wildman–Crippen MR) is 75.0 cm³/mol. The zero-order valence-corrected chi connectivity index (χ0v) is 11.9. The average molecular weight is 290 g/mol. The molecule has 2 saturated heterocycles. The fraction of sp³-hybridized carbons (Fsp3) is 0.467. The number of carbonyl (C=O) groups is 2. The van der Waals surface area contributed by atoms with Gasteiger partial charge in [-0.15, -0.1) is 0 Å². The second-order valence-corrected chi connectivity index (χ2v) is 5.62. The van der Waals surface area contributed by atoms with Crippen molar-refractivity contribution in [3.8, 4) is 0 Å². The van der Waals surface area contributed by atoms with Gasteiger partial charge in [0.1, 0.15) is 6.61 Å². The van der Waals surface area contributed by atoms with Gasteiger partial charge in [0.15, 0.2) is 0 Å². The fourth-order valence-corrected chi connectivity index (χ4v) is 2.97. The first-order chi connectivity index (χ1) is 10.0. The topological polar surface area (TPSA) is 70.1 Å². The number of carboxylic acid groups (broad SMARTS) is 1. The molecule has 2 heterocycles. The van der Waals surface area contributed by atoms with Crippen LogP contribution in [0.5, 0.6) is 0 Å². The number of fused-ring (bicyclic) bond motifs is 1. The molecule has 0 aromatic heterocycles. The van der Waals surface area contributed by atoms with Crippen molar-refractivity contribution >= 4 is 11.9 Å². The summed E-state index contributed by atoms with van der Waals surface area (Å²) in [6.45, 7) is 2.48. The van der Waals surface area contributed by atoms with Crippen molar-refractivity contribution in [3.05, 3.63) is 35.4 Å². The highest BCUT2D eigenvalue weighted by molar-refractivity contribution is 5.87. The summed E-state index contributed by atoms with van der Waals surface area (Å²) in [7, 11) is 1.83. The number of carbonyl (C=O) groups excluding carboxylic acids is 1. The number of likely N-dealkylation sites (tertiary alicyclic amines) is 1. The Morgan fingerprint density at radius 2 is 2.05 bits per heavy atom. The lowest BCUT2D eigenvalue weighted by Gasteiger charge is -2.33. The number of likely N-dealkylation sites (N-methyl/N-ethyl adjacent to an activating group) is 1. The normalized spacial score (nSPS) is 26.0. The molecule has 2 aliphatic rings. The van der Waals surface area contributed by atoms with Gasteiger partial charge in [0.25, 0.3) is 0 Å². The third-order valence-corrected chi connectivity index (χ3v) is 4.23. The van der Waals surface area contributed by atoms with Gasteiger partial charge in [-0.2, -0.15) is 0 Å². The first kappa shape index (κ1) is 14.0. The number of morpholine rings is 1. The van der Waals surface area contributed by atoms with Gasteiger partial charge in [0.05, 0.1) is 17.7 Å². The quantitative estimate of drug-likeness (QED) is 0.874. The first-order valence-corrected chi connectivity index (χ1v) is 6.96. The van der Waals surface area contributed by atoms with Crippen LogP contribution in [0.25, 0.3) is 0 Å². The first-order valence-electron chi connectivity index (χ1n) is 6.96. The molecule has 1 aromatic rings. The summed E-state index contributed by atoms with van der Waals surface area (Å²) in [6, 6.07) is 7.02. The van der Waals surface area contributed by atoms with E-state index < -0.39 is 5.97 Å². The number of rotatable bonds is 3. The molecule has 6 nitrogen and oxygen atoms in total. The van der Waals surface area contributed by atoms with Gasteiger partial charge in [-0.3, -0.25) is 9.69 Å². The molecule has 0 spiro atoms. The monoisotopic (exact) mass is 290 g/mol. The minimum Gasteiger partial charge on any atom is -0.478 e. The number of hydrogen-bond donors (Lipinski definition) is 1. The van der Waals surface area contributed by atoms with E-state index >= 15 is 0 Å². The van der Waals surface area contributed by atoms with Gasteiger partial charge < -0.3 is 14.7 Å². The molecule has 0 aliphatic carbocycles. The zero-order valence-electron chi connectivity index (χ0n) is 11.9. The Bertz CT molecular complexity index is 557. The maximum Gasteiger partial charge on any atom is 0.335 e. The number of aromatic carboxylic acids is 1. The van der Waals surface area contributed by atoms with Crippen LogP contribution in [0.4, 0.5) is 0 Å². The highest BCUT2D eigenvalue weighted by Gasteiger charge is 2.41. The number of carboxylic acids is 1. The van der Waals surface area contributed by atoms with Crippen LogP contribution in [-0.2, 0) is 16.1 Å². The van der Waals surface area contributed by atoms with Crippen molar-refractivity contribution in [1.82, 2.24) is 9.80 Å². The molecule has 6 heteroatoms. The Labute approximate surface area is 122 Å². The van der Waals surface area contributed by atoms with Crippen molar-refractivity contribution in [3.63, 3.8) is 0 Å². The Balaban J connectivity index is 1.64. The molecule has 1 aromatic carbocycles. The fourth-order valence-electron chi connectivity index (χ4n) is 2.97. The Morgan fingerprint density at radius 3 is 2.71 bits per heavy atom. The van der Waals surface area contributed by atoms with E-state index in [1.54, 1.807) is 17.0 Å². The summed E-state index contributed by atoms with van der Waals surface area (Å²) in [6.07, 6.45) is 0.0750. The molecule has 0 saturated carbocycles. The minimum atomic E-state index is -0.915. The second kappa shape index (κ2) is 5.46. The number of hydrogen-bond acceptors (Lipinski definition) is 4. The summed E-state index contributed by atoms with van der Waals surface area (Å²) in [5.74, 6) is -0.883. The van der Waals surface area contributed by atoms with Gasteiger partial charge in [-0.25, -0.2) is 4.79 Å². The van der Waals surface area contributed by atoms with Crippen LogP contribution in [0.2, 0.25) is 0 Å². The van der Waals surface area contributed by atoms with Gasteiger partial charge >= 0.3 is 5.97 Å². The molecule has 112 valence electrons. The van der Waals surface area contributed by atoms with E-state index in [-0.39, 0.29) is 24.7 Å². The Kier molecular flexibility index (Phi) is 3.65. The van der Waals surface area contributed by atoms with Crippen molar-refractivity contribution in [2.45, 2.75) is 18.7 Å².